The summed E-state index contributed by atoms with van der Waals surface area (Å²) in [5.41, 5.74) is 6.08. The maximum Gasteiger partial charge on any atom is 0.326 e. The monoisotopic (exact) mass is 470 g/mol. The predicted octanol–water partition coefficient (Wildman–Crippen LogP) is -2.37. The van der Waals surface area contributed by atoms with E-state index >= 15 is 0 Å². The Balaban J connectivity index is 2.94. The van der Waals surface area contributed by atoms with Gasteiger partial charge in [-0.2, -0.15) is 0 Å². The van der Waals surface area contributed by atoms with Crippen molar-refractivity contribution < 1.29 is 34.5 Å². The number of carbonyl (C=O) groups is 4. The molecule has 1 heterocycles. The average molecular weight is 471 g/mol. The Labute approximate surface area is 191 Å². The van der Waals surface area contributed by atoms with Crippen LogP contribution in [-0.2, 0) is 25.6 Å². The molecular weight excluding hydrogens is 436 g/mol. The standard InChI is InChI=1S/C20H34N6O7/c1-9(2)5-13(24-18(30)15(21)10(3)27)17(29)26-16(11(4)28)19(31)25-14(20(32)33)6-12-7-22-8-23-12/h7-11,13-16,27-28H,5-6,21H2,1-4H3,(H,22,23)(H,24,30)(H,25,31)(H,26,29)(H,32,33). The molecule has 6 unspecified atom stereocenters. The van der Waals surface area contributed by atoms with Crippen LogP contribution >= 0.6 is 0 Å². The summed E-state index contributed by atoms with van der Waals surface area (Å²) in [5.74, 6) is -3.79. The van der Waals surface area contributed by atoms with Crippen molar-refractivity contribution >= 4 is 23.7 Å². The molecule has 0 aliphatic heterocycles. The average Bonchev–Trinajstić information content (AvgIpc) is 3.22. The maximum atomic E-state index is 12.9. The molecule has 0 aromatic carbocycles. The fourth-order valence-corrected chi connectivity index (χ4v) is 2.93. The highest BCUT2D eigenvalue weighted by Crippen LogP contribution is 2.08. The number of carboxylic acid groups (broad SMARTS) is 1. The zero-order valence-electron chi connectivity index (χ0n) is 19.1. The first-order valence-corrected chi connectivity index (χ1v) is 10.6. The molecule has 1 aromatic heterocycles. The largest absolute Gasteiger partial charge is 0.480 e. The topological polar surface area (TPSA) is 220 Å². The minimum Gasteiger partial charge on any atom is -0.480 e. The second kappa shape index (κ2) is 12.9. The van der Waals surface area contributed by atoms with Crippen molar-refractivity contribution in [3.8, 4) is 0 Å². The molecular formula is C20H34N6O7. The second-order valence-corrected chi connectivity index (χ2v) is 8.36. The van der Waals surface area contributed by atoms with E-state index < -0.39 is 60.1 Å². The highest BCUT2D eigenvalue weighted by molar-refractivity contribution is 5.94. The zero-order chi connectivity index (χ0) is 25.3. The van der Waals surface area contributed by atoms with Crippen LogP contribution < -0.4 is 21.7 Å². The van der Waals surface area contributed by atoms with Gasteiger partial charge in [0.25, 0.3) is 0 Å². The summed E-state index contributed by atoms with van der Waals surface area (Å²) in [6, 6.07) is -5.19. The van der Waals surface area contributed by atoms with Gasteiger partial charge in [0.05, 0.1) is 18.5 Å². The van der Waals surface area contributed by atoms with Crippen molar-refractivity contribution in [1.29, 1.82) is 0 Å². The number of amides is 3. The normalized spacial score (nSPS) is 16.7. The van der Waals surface area contributed by atoms with E-state index in [-0.39, 0.29) is 18.8 Å². The summed E-state index contributed by atoms with van der Waals surface area (Å²) in [4.78, 5) is 55.9. The number of nitrogens with zero attached hydrogens (tertiary/aromatic N) is 1. The quantitative estimate of drug-likeness (QED) is 0.154. The van der Waals surface area contributed by atoms with Crippen molar-refractivity contribution in [2.75, 3.05) is 0 Å². The number of nitrogens with one attached hydrogen (secondary N) is 4. The summed E-state index contributed by atoms with van der Waals surface area (Å²) >= 11 is 0. The third kappa shape index (κ3) is 9.16. The summed E-state index contributed by atoms with van der Waals surface area (Å²) < 4.78 is 0. The van der Waals surface area contributed by atoms with Crippen LogP contribution in [0.3, 0.4) is 0 Å². The lowest BCUT2D eigenvalue weighted by Gasteiger charge is -2.27. The number of imidazole rings is 1. The number of aliphatic hydroxyl groups is 2. The Kier molecular flexibility index (Phi) is 10.9. The molecule has 0 radical (unpaired) electrons. The van der Waals surface area contributed by atoms with Crippen molar-refractivity contribution in [2.24, 2.45) is 11.7 Å². The molecule has 0 saturated carbocycles. The molecule has 3 amide bonds. The SMILES string of the molecule is CC(C)CC(NC(=O)C(N)C(C)O)C(=O)NC(C(=O)NC(Cc1cnc[nH]1)C(=O)O)C(C)O. The van der Waals surface area contributed by atoms with Gasteiger partial charge in [0.15, 0.2) is 0 Å². The minimum atomic E-state index is -1.49. The molecule has 9 N–H and O–H groups in total. The van der Waals surface area contributed by atoms with Crippen LogP contribution in [0.15, 0.2) is 12.5 Å². The number of hydrogen-bond acceptors (Lipinski definition) is 8. The van der Waals surface area contributed by atoms with Crippen LogP contribution in [0.25, 0.3) is 0 Å². The smallest absolute Gasteiger partial charge is 0.326 e. The van der Waals surface area contributed by atoms with E-state index in [1.54, 1.807) is 0 Å². The highest BCUT2D eigenvalue weighted by atomic mass is 16.4. The number of carbonyl (C=O) groups excluding carboxylic acids is 3. The number of nitrogens with two attached hydrogens (primary N) is 1. The van der Waals surface area contributed by atoms with Crippen molar-refractivity contribution in [3.05, 3.63) is 18.2 Å². The highest BCUT2D eigenvalue weighted by Gasteiger charge is 2.33. The molecule has 0 aliphatic rings. The molecule has 1 aromatic rings. The summed E-state index contributed by atoms with van der Waals surface area (Å²) in [7, 11) is 0. The molecule has 6 atom stereocenters. The molecule has 33 heavy (non-hydrogen) atoms. The maximum absolute atomic E-state index is 12.9. The van der Waals surface area contributed by atoms with Gasteiger partial charge in [0.2, 0.25) is 17.7 Å². The molecule has 0 saturated heterocycles. The van der Waals surface area contributed by atoms with Gasteiger partial charge in [-0.05, 0) is 26.2 Å². The molecule has 0 spiro atoms. The summed E-state index contributed by atoms with van der Waals surface area (Å²) in [6.07, 6.45) is 0.354. The number of hydrogen-bond donors (Lipinski definition) is 8. The lowest BCUT2D eigenvalue weighted by molar-refractivity contribution is -0.143. The van der Waals surface area contributed by atoms with Gasteiger partial charge in [-0.25, -0.2) is 9.78 Å². The number of aliphatic hydroxyl groups excluding tert-OH is 2. The fourth-order valence-electron chi connectivity index (χ4n) is 2.93. The van der Waals surface area contributed by atoms with Crippen LogP contribution in [-0.4, -0.2) is 85.4 Å². The lowest BCUT2D eigenvalue weighted by atomic mass is 10.0. The van der Waals surface area contributed by atoms with Gasteiger partial charge < -0.3 is 42.0 Å². The Hall–Kier alpha value is -3.03. The number of H-pyrrole nitrogens is 1. The Morgan fingerprint density at radius 1 is 0.970 bits per heavy atom. The van der Waals surface area contributed by atoms with Gasteiger partial charge >= 0.3 is 5.97 Å². The first-order valence-electron chi connectivity index (χ1n) is 10.6. The lowest BCUT2D eigenvalue weighted by Crippen LogP contribution is -2.60. The number of aromatic nitrogens is 2. The first-order chi connectivity index (χ1) is 15.3. The van der Waals surface area contributed by atoms with Gasteiger partial charge in [0.1, 0.15) is 24.2 Å². The van der Waals surface area contributed by atoms with Gasteiger partial charge in [-0.15, -0.1) is 0 Å². The number of rotatable bonds is 13. The van der Waals surface area contributed by atoms with E-state index in [1.807, 2.05) is 13.8 Å². The molecule has 0 fully saturated rings. The minimum absolute atomic E-state index is 0.0338. The molecule has 13 heteroatoms. The van der Waals surface area contributed by atoms with Crippen LogP contribution in [0, 0.1) is 5.92 Å². The third-order valence-electron chi connectivity index (χ3n) is 4.82. The first kappa shape index (κ1) is 28.0. The van der Waals surface area contributed by atoms with Crippen LogP contribution in [0.1, 0.15) is 39.8 Å². The summed E-state index contributed by atoms with van der Waals surface area (Å²) in [5, 5.41) is 36.1. The van der Waals surface area contributed by atoms with E-state index in [2.05, 4.69) is 25.9 Å². The Morgan fingerprint density at radius 3 is 2.03 bits per heavy atom. The predicted molar refractivity (Wildman–Crippen MR) is 117 cm³/mol. The van der Waals surface area contributed by atoms with Crippen LogP contribution in [0.5, 0.6) is 0 Å². The molecule has 0 aliphatic carbocycles. The van der Waals surface area contributed by atoms with Gasteiger partial charge in [0, 0.05) is 18.3 Å². The fraction of sp³-hybridized carbons (Fsp3) is 0.650. The van der Waals surface area contributed by atoms with Gasteiger partial charge in [-0.1, -0.05) is 13.8 Å². The van der Waals surface area contributed by atoms with Crippen molar-refractivity contribution in [2.45, 2.75) is 76.9 Å². The van der Waals surface area contributed by atoms with E-state index in [4.69, 9.17) is 5.73 Å². The van der Waals surface area contributed by atoms with Crippen molar-refractivity contribution in [1.82, 2.24) is 25.9 Å². The van der Waals surface area contributed by atoms with Gasteiger partial charge in [-0.3, -0.25) is 14.4 Å². The molecule has 186 valence electrons. The Morgan fingerprint density at radius 2 is 1.58 bits per heavy atom. The summed E-state index contributed by atoms with van der Waals surface area (Å²) in [6.45, 7) is 6.21. The van der Waals surface area contributed by atoms with E-state index in [9.17, 15) is 34.5 Å². The number of carboxylic acids is 1. The van der Waals surface area contributed by atoms with Crippen LogP contribution in [0.2, 0.25) is 0 Å². The van der Waals surface area contributed by atoms with E-state index in [1.165, 1.54) is 26.4 Å². The Bertz CT molecular complexity index is 797. The van der Waals surface area contributed by atoms with E-state index in [0.29, 0.717) is 5.69 Å². The van der Waals surface area contributed by atoms with Crippen molar-refractivity contribution in [3.63, 3.8) is 0 Å². The molecule has 13 nitrogen and oxygen atoms in total. The second-order valence-electron chi connectivity index (χ2n) is 8.36. The third-order valence-corrected chi connectivity index (χ3v) is 4.82. The van der Waals surface area contributed by atoms with Crippen LogP contribution in [0.4, 0.5) is 0 Å². The number of aromatic amines is 1. The number of aliphatic carboxylic acids is 1. The molecule has 0 bridgehead atoms. The zero-order valence-corrected chi connectivity index (χ0v) is 19.1. The molecule has 1 rings (SSSR count). The van der Waals surface area contributed by atoms with E-state index in [0.717, 1.165) is 0 Å².